The number of hydrogen-bond acceptors (Lipinski definition) is 6. The minimum Gasteiger partial charge on any atom is -0.340 e. The predicted molar refractivity (Wildman–Crippen MR) is 85.9 cm³/mol. The van der Waals surface area contributed by atoms with Gasteiger partial charge in [-0.25, -0.2) is 4.98 Å². The van der Waals surface area contributed by atoms with Gasteiger partial charge in [-0.3, -0.25) is 13.9 Å². The lowest BCUT2D eigenvalue weighted by Gasteiger charge is -2.28. The molecule has 1 aliphatic heterocycles. The van der Waals surface area contributed by atoms with Crippen LogP contribution in [0.1, 0.15) is 6.92 Å². The average molecular weight is 311 g/mol. The van der Waals surface area contributed by atoms with Crippen molar-refractivity contribution in [2.45, 2.75) is 20.0 Å². The van der Waals surface area contributed by atoms with Gasteiger partial charge in [0.15, 0.2) is 11.2 Å². The molecule has 8 heteroatoms. The van der Waals surface area contributed by atoms with Crippen molar-refractivity contribution >= 4 is 17.1 Å². The first-order chi connectivity index (χ1) is 11.3. The zero-order valence-electron chi connectivity index (χ0n) is 12.9. The number of aromatic nitrogens is 4. The Kier molecular flexibility index (Phi) is 4.26. The van der Waals surface area contributed by atoms with Crippen LogP contribution >= 0.6 is 0 Å². The number of imidazole rings is 1. The van der Waals surface area contributed by atoms with E-state index in [9.17, 15) is 4.79 Å². The zero-order valence-corrected chi connectivity index (χ0v) is 12.9. The highest BCUT2D eigenvalue weighted by atomic mass is 16.1. The Morgan fingerprint density at radius 3 is 2.83 bits per heavy atom. The van der Waals surface area contributed by atoms with Gasteiger partial charge in [0.2, 0.25) is 5.95 Å². The van der Waals surface area contributed by atoms with Gasteiger partial charge in [-0.1, -0.05) is 5.92 Å². The van der Waals surface area contributed by atoms with E-state index in [0.717, 1.165) is 26.2 Å². The van der Waals surface area contributed by atoms with Crippen molar-refractivity contribution in [2.24, 2.45) is 0 Å². The van der Waals surface area contributed by atoms with Crippen molar-refractivity contribution in [3.63, 3.8) is 0 Å². The Morgan fingerprint density at radius 1 is 1.35 bits per heavy atom. The van der Waals surface area contributed by atoms with E-state index < -0.39 is 0 Å². The Morgan fingerprint density at radius 2 is 2.13 bits per heavy atom. The summed E-state index contributed by atoms with van der Waals surface area (Å²) >= 11 is 0. The number of rotatable bonds is 3. The van der Waals surface area contributed by atoms with Gasteiger partial charge in [0.1, 0.15) is 12.9 Å². The molecule has 1 N–H and O–H groups in total. The fourth-order valence-corrected chi connectivity index (χ4v) is 2.65. The molecule has 1 fully saturated rings. The van der Waals surface area contributed by atoms with E-state index in [1.54, 1.807) is 11.5 Å². The molecule has 0 radical (unpaired) electrons. The lowest BCUT2D eigenvalue weighted by atomic mass is 10.4. The van der Waals surface area contributed by atoms with Gasteiger partial charge in [0.25, 0.3) is 5.56 Å². The topological polar surface area (TPSA) is 91.8 Å². The standard InChI is InChI=1S/C15H17N7O/c1-2-3-7-22-12-13(18-11-21(8-4-16)14(12)23)19-15(22)20-9-5-17-6-10-20/h11,17H,5-10H2,1H3. The minimum atomic E-state index is -0.261. The first-order valence-corrected chi connectivity index (χ1v) is 7.44. The summed E-state index contributed by atoms with van der Waals surface area (Å²) in [5.74, 6) is 6.55. The highest BCUT2D eigenvalue weighted by molar-refractivity contribution is 5.74. The summed E-state index contributed by atoms with van der Waals surface area (Å²) in [6.07, 6.45) is 1.37. The summed E-state index contributed by atoms with van der Waals surface area (Å²) < 4.78 is 3.10. The predicted octanol–water partition coefficient (Wildman–Crippen LogP) is -0.451. The van der Waals surface area contributed by atoms with E-state index in [1.807, 2.05) is 6.07 Å². The van der Waals surface area contributed by atoms with Crippen LogP contribution in [0.4, 0.5) is 5.95 Å². The lowest BCUT2D eigenvalue weighted by Crippen LogP contribution is -2.44. The molecule has 0 spiro atoms. The Bertz CT molecular complexity index is 871. The number of anilines is 1. The second-order valence-corrected chi connectivity index (χ2v) is 5.17. The molecule has 1 aliphatic rings. The highest BCUT2D eigenvalue weighted by Gasteiger charge is 2.21. The summed E-state index contributed by atoms with van der Waals surface area (Å²) in [5, 5.41) is 12.1. The van der Waals surface area contributed by atoms with E-state index in [4.69, 9.17) is 5.26 Å². The Balaban J connectivity index is 2.18. The molecule has 0 aromatic carbocycles. The van der Waals surface area contributed by atoms with Crippen molar-refractivity contribution in [3.05, 3.63) is 16.7 Å². The maximum absolute atomic E-state index is 12.6. The maximum atomic E-state index is 12.6. The van der Waals surface area contributed by atoms with Crippen LogP contribution in [0.25, 0.3) is 11.2 Å². The number of hydrogen-bond donors (Lipinski definition) is 1. The van der Waals surface area contributed by atoms with Crippen LogP contribution in [0, 0.1) is 23.2 Å². The summed E-state index contributed by atoms with van der Waals surface area (Å²) in [6.45, 7) is 5.47. The number of piperazine rings is 1. The Labute approximate surface area is 133 Å². The van der Waals surface area contributed by atoms with E-state index in [-0.39, 0.29) is 12.1 Å². The van der Waals surface area contributed by atoms with Crippen molar-refractivity contribution < 1.29 is 0 Å². The van der Waals surface area contributed by atoms with Crippen molar-refractivity contribution in [1.82, 2.24) is 24.4 Å². The molecule has 0 bridgehead atoms. The maximum Gasteiger partial charge on any atom is 0.280 e. The van der Waals surface area contributed by atoms with Crippen molar-refractivity contribution in [3.8, 4) is 17.9 Å². The third-order valence-electron chi connectivity index (χ3n) is 3.77. The molecule has 0 saturated carbocycles. The molecule has 0 unspecified atom stereocenters. The van der Waals surface area contributed by atoms with Crippen molar-refractivity contribution in [2.75, 3.05) is 31.1 Å². The first kappa shape index (κ1) is 15.1. The molecule has 118 valence electrons. The quantitative estimate of drug-likeness (QED) is 0.772. The molecule has 3 rings (SSSR count). The first-order valence-electron chi connectivity index (χ1n) is 7.44. The SMILES string of the molecule is CC#CCn1c(N2CCNCC2)nc2ncn(CC#N)c(=O)c21. The summed E-state index contributed by atoms with van der Waals surface area (Å²) in [7, 11) is 0. The van der Waals surface area contributed by atoms with E-state index in [2.05, 4.69) is 32.0 Å². The van der Waals surface area contributed by atoms with Crippen LogP contribution in [-0.4, -0.2) is 45.3 Å². The monoisotopic (exact) mass is 311 g/mol. The smallest absolute Gasteiger partial charge is 0.280 e. The number of nitrogens with one attached hydrogen (secondary N) is 1. The van der Waals surface area contributed by atoms with E-state index in [0.29, 0.717) is 23.7 Å². The summed E-state index contributed by atoms with van der Waals surface area (Å²) in [5.41, 5.74) is 0.540. The molecule has 1 saturated heterocycles. The lowest BCUT2D eigenvalue weighted by molar-refractivity contribution is 0.573. The average Bonchev–Trinajstić information content (AvgIpc) is 2.96. The van der Waals surface area contributed by atoms with Gasteiger partial charge in [-0.15, -0.1) is 5.92 Å². The Hall–Kier alpha value is -2.84. The normalized spacial score (nSPS) is 14.3. The van der Waals surface area contributed by atoms with Crippen LogP contribution in [0.2, 0.25) is 0 Å². The largest absolute Gasteiger partial charge is 0.340 e. The highest BCUT2D eigenvalue weighted by Crippen LogP contribution is 2.19. The van der Waals surface area contributed by atoms with Gasteiger partial charge in [-0.2, -0.15) is 10.2 Å². The van der Waals surface area contributed by atoms with E-state index in [1.165, 1.54) is 10.9 Å². The molecule has 3 heterocycles. The fraction of sp³-hybridized carbons (Fsp3) is 0.467. The minimum absolute atomic E-state index is 0.0324. The molecule has 0 aliphatic carbocycles. The second-order valence-electron chi connectivity index (χ2n) is 5.17. The molecule has 8 nitrogen and oxygen atoms in total. The van der Waals surface area contributed by atoms with Gasteiger partial charge >= 0.3 is 0 Å². The van der Waals surface area contributed by atoms with Crippen LogP contribution < -0.4 is 15.8 Å². The molecule has 2 aromatic rings. The number of fused-ring (bicyclic) bond motifs is 1. The van der Waals surface area contributed by atoms with Crippen LogP contribution in [-0.2, 0) is 13.1 Å². The van der Waals surface area contributed by atoms with Crippen LogP contribution in [0.3, 0.4) is 0 Å². The molecule has 0 amide bonds. The fourth-order valence-electron chi connectivity index (χ4n) is 2.65. The number of nitriles is 1. The molecular weight excluding hydrogens is 294 g/mol. The third-order valence-corrected chi connectivity index (χ3v) is 3.77. The second kappa shape index (κ2) is 6.51. The van der Waals surface area contributed by atoms with Gasteiger partial charge < -0.3 is 10.2 Å². The summed E-state index contributed by atoms with van der Waals surface area (Å²) in [6, 6.07) is 1.97. The third kappa shape index (κ3) is 2.77. The molecule has 23 heavy (non-hydrogen) atoms. The molecule has 2 aromatic heterocycles. The summed E-state index contributed by atoms with van der Waals surface area (Å²) in [4.78, 5) is 23.5. The van der Waals surface area contributed by atoms with Crippen LogP contribution in [0.15, 0.2) is 11.1 Å². The van der Waals surface area contributed by atoms with E-state index >= 15 is 0 Å². The molecular formula is C15H17N7O. The van der Waals surface area contributed by atoms with Crippen molar-refractivity contribution in [1.29, 1.82) is 5.26 Å². The van der Waals surface area contributed by atoms with Gasteiger partial charge in [0, 0.05) is 26.2 Å². The van der Waals surface area contributed by atoms with Crippen LogP contribution in [0.5, 0.6) is 0 Å². The number of nitrogens with zero attached hydrogens (tertiary/aromatic N) is 6. The van der Waals surface area contributed by atoms with Gasteiger partial charge in [0.05, 0.1) is 12.6 Å². The van der Waals surface area contributed by atoms with Gasteiger partial charge in [-0.05, 0) is 6.92 Å². The zero-order chi connectivity index (χ0) is 16.2. The molecule has 0 atom stereocenters.